The van der Waals surface area contributed by atoms with Crippen LogP contribution in [-0.4, -0.2) is 40.7 Å². The van der Waals surface area contributed by atoms with Crippen LogP contribution >= 0.6 is 0 Å². The number of carbonyl (C=O) groups excluding carboxylic acids is 1. The van der Waals surface area contributed by atoms with E-state index in [1.165, 1.54) is 10.9 Å². The van der Waals surface area contributed by atoms with Gasteiger partial charge in [0.05, 0.1) is 6.04 Å². The maximum atomic E-state index is 12.7. The zero-order valence-electron chi connectivity index (χ0n) is 15.2. The van der Waals surface area contributed by atoms with Gasteiger partial charge in [0.25, 0.3) is 0 Å². The lowest BCUT2D eigenvalue weighted by atomic mass is 9.81. The summed E-state index contributed by atoms with van der Waals surface area (Å²) in [5.74, 6) is 0.206. The lowest BCUT2D eigenvalue weighted by molar-refractivity contribution is 0.00769. The van der Waals surface area contributed by atoms with Gasteiger partial charge >= 0.3 is 6.09 Å². The smallest absolute Gasteiger partial charge is 0.410 e. The Labute approximate surface area is 149 Å². The number of pyridine rings is 1. The van der Waals surface area contributed by atoms with Crippen LogP contribution in [0.25, 0.3) is 10.8 Å². The van der Waals surface area contributed by atoms with Crippen LogP contribution in [0.3, 0.4) is 0 Å². The van der Waals surface area contributed by atoms with Crippen molar-refractivity contribution in [1.29, 1.82) is 0 Å². The van der Waals surface area contributed by atoms with Gasteiger partial charge in [0.1, 0.15) is 5.60 Å². The number of rotatable bonds is 2. The molecule has 0 spiro atoms. The molecule has 1 aliphatic heterocycles. The van der Waals surface area contributed by atoms with Crippen LogP contribution in [0.1, 0.15) is 45.1 Å². The van der Waals surface area contributed by atoms with E-state index in [2.05, 4.69) is 23.2 Å². The fourth-order valence-electron chi connectivity index (χ4n) is 3.73. The highest BCUT2D eigenvalue weighted by molar-refractivity contribution is 5.85. The van der Waals surface area contributed by atoms with Crippen LogP contribution in [0.4, 0.5) is 4.79 Å². The van der Waals surface area contributed by atoms with E-state index < -0.39 is 5.60 Å². The highest BCUT2D eigenvalue weighted by Gasteiger charge is 2.36. The highest BCUT2D eigenvalue weighted by Crippen LogP contribution is 2.36. The molecule has 2 aromatic rings. The van der Waals surface area contributed by atoms with Crippen molar-refractivity contribution in [2.45, 2.75) is 51.2 Å². The standard InChI is InChI=1S/C20H27N3O2/c1-20(2,3)25-19(24)23-11-5-8-17(18(23)12-21)16-7-4-6-14-13-22-10-9-15(14)16/h4,6-7,9-10,13,17-18H,5,8,11-12,21H2,1-3H3. The fraction of sp³-hybridized carbons (Fsp3) is 0.500. The second-order valence-electron chi connectivity index (χ2n) is 7.67. The molecule has 0 aliphatic carbocycles. The fourth-order valence-corrected chi connectivity index (χ4v) is 3.73. The number of ether oxygens (including phenoxy) is 1. The molecule has 25 heavy (non-hydrogen) atoms. The Hall–Kier alpha value is -2.14. The maximum Gasteiger partial charge on any atom is 0.410 e. The molecular weight excluding hydrogens is 314 g/mol. The van der Waals surface area contributed by atoms with E-state index in [9.17, 15) is 4.79 Å². The maximum absolute atomic E-state index is 12.7. The summed E-state index contributed by atoms with van der Waals surface area (Å²) in [4.78, 5) is 18.7. The van der Waals surface area contributed by atoms with Crippen LogP contribution < -0.4 is 5.73 Å². The van der Waals surface area contributed by atoms with Gasteiger partial charge in [-0.15, -0.1) is 0 Å². The topological polar surface area (TPSA) is 68.5 Å². The third kappa shape index (κ3) is 3.76. The lowest BCUT2D eigenvalue weighted by Gasteiger charge is -2.41. The average Bonchev–Trinajstić information content (AvgIpc) is 2.59. The quantitative estimate of drug-likeness (QED) is 0.905. The number of hydrogen-bond acceptors (Lipinski definition) is 4. The Morgan fingerprint density at radius 2 is 2.16 bits per heavy atom. The minimum atomic E-state index is -0.506. The molecule has 5 heteroatoms. The Morgan fingerprint density at radius 1 is 1.36 bits per heavy atom. The van der Waals surface area contributed by atoms with E-state index in [1.54, 1.807) is 0 Å². The van der Waals surface area contributed by atoms with Gasteiger partial charge in [-0.25, -0.2) is 4.79 Å². The summed E-state index contributed by atoms with van der Waals surface area (Å²) in [6.07, 6.45) is 5.39. The third-order valence-corrected chi connectivity index (χ3v) is 4.76. The molecule has 0 saturated carbocycles. The number of nitrogens with two attached hydrogens (primary N) is 1. The summed E-state index contributed by atoms with van der Waals surface area (Å²) >= 11 is 0. The Bertz CT molecular complexity index is 749. The predicted molar refractivity (Wildman–Crippen MR) is 99.5 cm³/mol. The summed E-state index contributed by atoms with van der Waals surface area (Å²) < 4.78 is 5.60. The first-order valence-electron chi connectivity index (χ1n) is 8.93. The highest BCUT2D eigenvalue weighted by atomic mass is 16.6. The van der Waals surface area contributed by atoms with Crippen molar-refractivity contribution in [2.75, 3.05) is 13.1 Å². The van der Waals surface area contributed by atoms with E-state index in [0.29, 0.717) is 13.1 Å². The van der Waals surface area contributed by atoms with Gasteiger partial charge in [0.2, 0.25) is 0 Å². The van der Waals surface area contributed by atoms with Gasteiger partial charge in [-0.3, -0.25) is 4.98 Å². The Morgan fingerprint density at radius 3 is 2.88 bits per heavy atom. The normalized spacial score (nSPS) is 21.4. The van der Waals surface area contributed by atoms with Gasteiger partial charge in [0.15, 0.2) is 0 Å². The number of amides is 1. The van der Waals surface area contributed by atoms with Crippen molar-refractivity contribution >= 4 is 16.9 Å². The molecule has 3 rings (SSSR count). The van der Waals surface area contributed by atoms with Crippen molar-refractivity contribution in [3.8, 4) is 0 Å². The molecule has 2 unspecified atom stereocenters. The average molecular weight is 341 g/mol. The van der Waals surface area contributed by atoms with Crippen molar-refractivity contribution in [3.63, 3.8) is 0 Å². The monoisotopic (exact) mass is 341 g/mol. The molecule has 134 valence electrons. The molecule has 1 aromatic carbocycles. The first kappa shape index (κ1) is 17.7. The summed E-state index contributed by atoms with van der Waals surface area (Å²) in [6, 6.07) is 8.26. The van der Waals surface area contributed by atoms with E-state index in [-0.39, 0.29) is 18.1 Å². The number of piperidine rings is 1. The van der Waals surface area contributed by atoms with Crippen LogP contribution in [0.2, 0.25) is 0 Å². The molecule has 1 amide bonds. The molecular formula is C20H27N3O2. The molecule has 2 atom stereocenters. The summed E-state index contributed by atoms with van der Waals surface area (Å²) in [5.41, 5.74) is 6.84. The van der Waals surface area contributed by atoms with Crippen molar-refractivity contribution in [3.05, 3.63) is 42.2 Å². The minimum Gasteiger partial charge on any atom is -0.444 e. The van der Waals surface area contributed by atoms with E-state index >= 15 is 0 Å². The van der Waals surface area contributed by atoms with E-state index in [1.807, 2.05) is 44.1 Å². The summed E-state index contributed by atoms with van der Waals surface area (Å²) in [7, 11) is 0. The largest absolute Gasteiger partial charge is 0.444 e. The molecule has 2 N–H and O–H groups in total. The SMILES string of the molecule is CC(C)(C)OC(=O)N1CCCC(c2cccc3cnccc23)C1CN. The molecule has 1 fully saturated rings. The summed E-state index contributed by atoms with van der Waals surface area (Å²) in [6.45, 7) is 6.79. The number of benzene rings is 1. The molecule has 1 aromatic heterocycles. The van der Waals surface area contributed by atoms with Crippen molar-refractivity contribution in [1.82, 2.24) is 9.88 Å². The molecule has 1 aliphatic rings. The predicted octanol–water partition coefficient (Wildman–Crippen LogP) is 3.68. The van der Waals surface area contributed by atoms with Crippen LogP contribution in [-0.2, 0) is 4.74 Å². The molecule has 0 radical (unpaired) electrons. The van der Waals surface area contributed by atoms with Crippen molar-refractivity contribution in [2.24, 2.45) is 5.73 Å². The number of hydrogen-bond donors (Lipinski definition) is 1. The van der Waals surface area contributed by atoms with Gasteiger partial charge < -0.3 is 15.4 Å². The van der Waals surface area contributed by atoms with Crippen LogP contribution in [0.5, 0.6) is 0 Å². The lowest BCUT2D eigenvalue weighted by Crippen LogP contribution is -2.52. The van der Waals surface area contributed by atoms with Gasteiger partial charge in [-0.1, -0.05) is 18.2 Å². The minimum absolute atomic E-state index is 0.0534. The molecule has 5 nitrogen and oxygen atoms in total. The Kier molecular flexibility index (Phi) is 4.95. The zero-order chi connectivity index (χ0) is 18.0. The van der Waals surface area contributed by atoms with E-state index in [0.717, 1.165) is 18.2 Å². The van der Waals surface area contributed by atoms with Crippen molar-refractivity contribution < 1.29 is 9.53 Å². The third-order valence-electron chi connectivity index (χ3n) is 4.76. The molecule has 2 heterocycles. The number of aromatic nitrogens is 1. The number of fused-ring (bicyclic) bond motifs is 1. The van der Waals surface area contributed by atoms with Gasteiger partial charge in [0, 0.05) is 36.8 Å². The van der Waals surface area contributed by atoms with Gasteiger partial charge in [-0.05, 0) is 50.6 Å². The van der Waals surface area contributed by atoms with Gasteiger partial charge in [-0.2, -0.15) is 0 Å². The number of likely N-dealkylation sites (tertiary alicyclic amines) is 1. The summed E-state index contributed by atoms with van der Waals surface area (Å²) in [5, 5.41) is 2.30. The second-order valence-corrected chi connectivity index (χ2v) is 7.67. The Balaban J connectivity index is 1.94. The first-order chi connectivity index (χ1) is 11.9. The number of nitrogens with zero attached hydrogens (tertiary/aromatic N) is 2. The van der Waals surface area contributed by atoms with Crippen LogP contribution in [0, 0.1) is 0 Å². The zero-order valence-corrected chi connectivity index (χ0v) is 15.2. The second kappa shape index (κ2) is 7.00. The molecule has 0 bridgehead atoms. The van der Waals surface area contributed by atoms with Crippen LogP contribution in [0.15, 0.2) is 36.7 Å². The molecule has 1 saturated heterocycles. The van der Waals surface area contributed by atoms with E-state index in [4.69, 9.17) is 10.5 Å². The first-order valence-corrected chi connectivity index (χ1v) is 8.93. The number of carbonyl (C=O) groups is 1.